The minimum absolute atomic E-state index is 0.288. The van der Waals surface area contributed by atoms with Crippen molar-refractivity contribution in [2.45, 2.75) is 45.6 Å². The van der Waals surface area contributed by atoms with Gasteiger partial charge in [-0.05, 0) is 36.5 Å². The molecule has 16 heavy (non-hydrogen) atoms. The summed E-state index contributed by atoms with van der Waals surface area (Å²) in [5.74, 6) is 0.743. The minimum atomic E-state index is 0.288. The second-order valence-corrected chi connectivity index (χ2v) is 5.64. The predicted molar refractivity (Wildman–Crippen MR) is 74.5 cm³/mol. The summed E-state index contributed by atoms with van der Waals surface area (Å²) in [7, 11) is 0. The third kappa shape index (κ3) is 5.13. The standard InChI is InChI=1S/C14H22BrN/c1-3-5-11(2)8-14(16)10-12-6-4-7-13(15)9-12/h4,6-7,9,11,14H,3,5,8,10,16H2,1-2H3. The topological polar surface area (TPSA) is 26.0 Å². The third-order valence-electron chi connectivity index (χ3n) is 2.87. The molecule has 0 aliphatic heterocycles. The van der Waals surface area contributed by atoms with Crippen molar-refractivity contribution >= 4 is 15.9 Å². The van der Waals surface area contributed by atoms with Gasteiger partial charge >= 0.3 is 0 Å². The van der Waals surface area contributed by atoms with Crippen molar-refractivity contribution in [3.8, 4) is 0 Å². The Hall–Kier alpha value is -0.340. The maximum Gasteiger partial charge on any atom is 0.0178 e. The van der Waals surface area contributed by atoms with Gasteiger partial charge in [-0.15, -0.1) is 0 Å². The molecule has 90 valence electrons. The summed E-state index contributed by atoms with van der Waals surface area (Å²) in [5.41, 5.74) is 7.50. The molecule has 0 aliphatic carbocycles. The maximum absolute atomic E-state index is 6.17. The van der Waals surface area contributed by atoms with Crippen LogP contribution >= 0.6 is 15.9 Å². The number of nitrogens with two attached hydrogens (primary N) is 1. The van der Waals surface area contributed by atoms with E-state index in [1.165, 1.54) is 18.4 Å². The maximum atomic E-state index is 6.17. The van der Waals surface area contributed by atoms with Crippen LogP contribution in [0, 0.1) is 5.92 Å². The third-order valence-corrected chi connectivity index (χ3v) is 3.37. The van der Waals surface area contributed by atoms with E-state index in [1.54, 1.807) is 0 Å². The smallest absolute Gasteiger partial charge is 0.0178 e. The van der Waals surface area contributed by atoms with E-state index < -0.39 is 0 Å². The first-order chi connectivity index (χ1) is 7.61. The molecule has 0 saturated heterocycles. The summed E-state index contributed by atoms with van der Waals surface area (Å²) in [5, 5.41) is 0. The molecule has 0 heterocycles. The second kappa shape index (κ2) is 7.08. The average molecular weight is 284 g/mol. The van der Waals surface area contributed by atoms with Gasteiger partial charge < -0.3 is 5.73 Å². The van der Waals surface area contributed by atoms with Crippen molar-refractivity contribution in [3.05, 3.63) is 34.3 Å². The first-order valence-corrected chi connectivity index (χ1v) is 6.91. The predicted octanol–water partition coefficient (Wildman–Crippen LogP) is 4.15. The Labute approximate surface area is 108 Å². The molecule has 2 unspecified atom stereocenters. The zero-order chi connectivity index (χ0) is 12.0. The molecule has 1 nitrogen and oxygen atoms in total. The normalized spacial score (nSPS) is 14.8. The van der Waals surface area contributed by atoms with Crippen LogP contribution in [-0.4, -0.2) is 6.04 Å². The molecule has 0 radical (unpaired) electrons. The van der Waals surface area contributed by atoms with Gasteiger partial charge in [0.05, 0.1) is 0 Å². The van der Waals surface area contributed by atoms with Gasteiger partial charge in [0.1, 0.15) is 0 Å². The van der Waals surface area contributed by atoms with E-state index in [9.17, 15) is 0 Å². The van der Waals surface area contributed by atoms with Crippen molar-refractivity contribution < 1.29 is 0 Å². The van der Waals surface area contributed by atoms with E-state index in [1.807, 2.05) is 0 Å². The van der Waals surface area contributed by atoms with Crippen molar-refractivity contribution in [3.63, 3.8) is 0 Å². The summed E-state index contributed by atoms with van der Waals surface area (Å²) in [4.78, 5) is 0. The first-order valence-electron chi connectivity index (χ1n) is 6.11. The number of benzene rings is 1. The highest BCUT2D eigenvalue weighted by Gasteiger charge is 2.09. The van der Waals surface area contributed by atoms with Gasteiger partial charge in [0.25, 0.3) is 0 Å². The van der Waals surface area contributed by atoms with Gasteiger partial charge in [-0.1, -0.05) is 54.8 Å². The molecule has 2 N–H and O–H groups in total. The highest BCUT2D eigenvalue weighted by atomic mass is 79.9. The Balaban J connectivity index is 2.42. The second-order valence-electron chi connectivity index (χ2n) is 4.72. The van der Waals surface area contributed by atoms with Crippen LogP contribution in [0.4, 0.5) is 0 Å². The number of hydrogen-bond acceptors (Lipinski definition) is 1. The Morgan fingerprint density at radius 2 is 2.12 bits per heavy atom. The molecule has 0 saturated carbocycles. The monoisotopic (exact) mass is 283 g/mol. The molecular weight excluding hydrogens is 262 g/mol. The lowest BCUT2D eigenvalue weighted by Gasteiger charge is -2.16. The molecule has 1 aromatic rings. The summed E-state index contributed by atoms with van der Waals surface area (Å²) < 4.78 is 1.14. The number of hydrogen-bond donors (Lipinski definition) is 1. The lowest BCUT2D eigenvalue weighted by atomic mass is 9.94. The van der Waals surface area contributed by atoms with E-state index in [2.05, 4.69) is 54.0 Å². The van der Waals surface area contributed by atoms with Crippen molar-refractivity contribution in [1.29, 1.82) is 0 Å². The van der Waals surface area contributed by atoms with Crippen LogP contribution in [0.1, 0.15) is 38.7 Å². The highest BCUT2D eigenvalue weighted by Crippen LogP contribution is 2.16. The summed E-state index contributed by atoms with van der Waals surface area (Å²) in [6, 6.07) is 8.71. The summed E-state index contributed by atoms with van der Waals surface area (Å²) >= 11 is 3.49. The largest absolute Gasteiger partial charge is 0.327 e. The lowest BCUT2D eigenvalue weighted by molar-refractivity contribution is 0.431. The Bertz CT molecular complexity index is 311. The van der Waals surface area contributed by atoms with Crippen LogP contribution in [0.3, 0.4) is 0 Å². The zero-order valence-electron chi connectivity index (χ0n) is 10.2. The Kier molecular flexibility index (Phi) is 6.07. The average Bonchev–Trinajstić information content (AvgIpc) is 2.17. The molecule has 2 heteroatoms. The van der Waals surface area contributed by atoms with Gasteiger partial charge in [0.2, 0.25) is 0 Å². The zero-order valence-corrected chi connectivity index (χ0v) is 11.8. The first kappa shape index (κ1) is 13.7. The number of rotatable bonds is 6. The SMILES string of the molecule is CCCC(C)CC(N)Cc1cccc(Br)c1. The molecule has 0 aliphatic rings. The van der Waals surface area contributed by atoms with Gasteiger partial charge in [0, 0.05) is 10.5 Å². The molecule has 0 amide bonds. The van der Waals surface area contributed by atoms with Gasteiger partial charge in [-0.25, -0.2) is 0 Å². The molecule has 1 aromatic carbocycles. The Morgan fingerprint density at radius 1 is 1.38 bits per heavy atom. The van der Waals surface area contributed by atoms with E-state index in [-0.39, 0.29) is 6.04 Å². The quantitative estimate of drug-likeness (QED) is 0.834. The fourth-order valence-corrected chi connectivity index (χ4v) is 2.62. The Morgan fingerprint density at radius 3 is 2.75 bits per heavy atom. The molecule has 0 fully saturated rings. The van der Waals surface area contributed by atoms with Crippen LogP contribution < -0.4 is 5.73 Å². The van der Waals surface area contributed by atoms with Gasteiger partial charge in [-0.3, -0.25) is 0 Å². The summed E-state index contributed by atoms with van der Waals surface area (Å²) in [6.45, 7) is 4.53. The van der Waals surface area contributed by atoms with Crippen LogP contribution in [0.2, 0.25) is 0 Å². The van der Waals surface area contributed by atoms with Crippen molar-refractivity contribution in [2.24, 2.45) is 11.7 Å². The van der Waals surface area contributed by atoms with Crippen LogP contribution in [0.15, 0.2) is 28.7 Å². The molecule has 2 atom stereocenters. The highest BCUT2D eigenvalue weighted by molar-refractivity contribution is 9.10. The van der Waals surface area contributed by atoms with Crippen molar-refractivity contribution in [2.75, 3.05) is 0 Å². The van der Waals surface area contributed by atoms with E-state index in [0.29, 0.717) is 0 Å². The minimum Gasteiger partial charge on any atom is -0.327 e. The number of halogens is 1. The molecule has 1 rings (SSSR count). The summed E-state index contributed by atoms with van der Waals surface area (Å²) in [6.07, 6.45) is 4.64. The lowest BCUT2D eigenvalue weighted by Crippen LogP contribution is -2.25. The van der Waals surface area contributed by atoms with Gasteiger partial charge in [0.15, 0.2) is 0 Å². The van der Waals surface area contributed by atoms with E-state index >= 15 is 0 Å². The van der Waals surface area contributed by atoms with E-state index in [4.69, 9.17) is 5.73 Å². The molecule has 0 aromatic heterocycles. The van der Waals surface area contributed by atoms with Gasteiger partial charge in [-0.2, -0.15) is 0 Å². The van der Waals surface area contributed by atoms with Crippen LogP contribution in [0.25, 0.3) is 0 Å². The van der Waals surface area contributed by atoms with Crippen LogP contribution in [-0.2, 0) is 6.42 Å². The van der Waals surface area contributed by atoms with E-state index in [0.717, 1.165) is 23.2 Å². The molecule has 0 bridgehead atoms. The molecular formula is C14H22BrN. The molecule has 0 spiro atoms. The van der Waals surface area contributed by atoms with Crippen molar-refractivity contribution in [1.82, 2.24) is 0 Å². The van der Waals surface area contributed by atoms with Crippen LogP contribution in [0.5, 0.6) is 0 Å². The fourth-order valence-electron chi connectivity index (χ4n) is 2.18. The fraction of sp³-hybridized carbons (Fsp3) is 0.571.